The maximum absolute atomic E-state index is 12.5. The molecule has 0 aliphatic heterocycles. The summed E-state index contributed by atoms with van der Waals surface area (Å²) in [5, 5.41) is 0.567. The Morgan fingerprint density at radius 2 is 1.68 bits per heavy atom. The number of methoxy groups -OCH3 is 1. The van der Waals surface area contributed by atoms with E-state index in [1.807, 2.05) is 0 Å². The molecule has 28 heavy (non-hydrogen) atoms. The van der Waals surface area contributed by atoms with Crippen LogP contribution in [0.4, 0.5) is 0 Å². The van der Waals surface area contributed by atoms with Gasteiger partial charge in [0.2, 0.25) is 0 Å². The van der Waals surface area contributed by atoms with E-state index in [0.29, 0.717) is 21.9 Å². The van der Waals surface area contributed by atoms with Crippen LogP contribution in [0, 0.1) is 0 Å². The van der Waals surface area contributed by atoms with Gasteiger partial charge in [0.05, 0.1) is 20.3 Å². The fourth-order valence-electron chi connectivity index (χ4n) is 2.27. The lowest BCUT2D eigenvalue weighted by Crippen LogP contribution is -2.03. The first-order valence-corrected chi connectivity index (χ1v) is 10.5. The first kappa shape index (κ1) is 22.2. The molecule has 2 aromatic carbocycles. The molecule has 0 amide bonds. The number of phosphoric acid groups is 1. The molecule has 0 atom stereocenters. The smallest absolute Gasteiger partial charge is 0.493 e. The van der Waals surface area contributed by atoms with E-state index in [9.17, 15) is 9.36 Å². The fraction of sp³-hybridized carbons (Fsp3) is 0.250. The summed E-state index contributed by atoms with van der Waals surface area (Å²) in [4.78, 5) is 12.2. The van der Waals surface area contributed by atoms with Crippen LogP contribution < -0.4 is 9.26 Å². The van der Waals surface area contributed by atoms with Gasteiger partial charge in [-0.2, -0.15) is 0 Å². The van der Waals surface area contributed by atoms with Gasteiger partial charge in [-0.25, -0.2) is 4.57 Å². The highest BCUT2D eigenvalue weighted by Gasteiger charge is 2.28. The normalized spacial score (nSPS) is 11.6. The molecule has 2 aromatic rings. The number of rotatable bonds is 10. The highest BCUT2D eigenvalue weighted by molar-refractivity contribution is 7.48. The third-order valence-corrected chi connectivity index (χ3v) is 5.35. The molecule has 0 heterocycles. The van der Waals surface area contributed by atoms with Crippen molar-refractivity contribution < 1.29 is 27.7 Å². The molecule has 0 fully saturated rings. The van der Waals surface area contributed by atoms with Crippen LogP contribution >= 0.6 is 19.4 Å². The monoisotopic (exact) mass is 424 g/mol. The molecule has 0 saturated carbocycles. The molecule has 0 bridgehead atoms. The summed E-state index contributed by atoms with van der Waals surface area (Å²) in [6.45, 7) is 3.73. The third kappa shape index (κ3) is 6.21. The van der Waals surface area contributed by atoms with Crippen molar-refractivity contribution in [1.82, 2.24) is 0 Å². The predicted molar refractivity (Wildman–Crippen MR) is 109 cm³/mol. The van der Waals surface area contributed by atoms with Crippen molar-refractivity contribution >= 4 is 31.3 Å². The molecule has 0 aliphatic rings. The van der Waals surface area contributed by atoms with Crippen molar-refractivity contribution in [3.05, 3.63) is 64.7 Å². The molecule has 0 aliphatic carbocycles. The Morgan fingerprint density at radius 3 is 2.25 bits per heavy atom. The Balaban J connectivity index is 2.19. The van der Waals surface area contributed by atoms with Crippen molar-refractivity contribution in [1.29, 1.82) is 0 Å². The zero-order valence-electron chi connectivity index (χ0n) is 15.9. The number of carbonyl (C=O) groups is 1. The molecule has 0 aromatic heterocycles. The second kappa shape index (κ2) is 10.4. The van der Waals surface area contributed by atoms with E-state index in [0.717, 1.165) is 0 Å². The minimum Gasteiger partial charge on any atom is -0.493 e. The molecule has 0 unspecified atom stereocenters. The van der Waals surface area contributed by atoms with Gasteiger partial charge in [0.15, 0.2) is 17.3 Å². The van der Waals surface area contributed by atoms with Gasteiger partial charge in [-0.1, -0.05) is 23.7 Å². The summed E-state index contributed by atoms with van der Waals surface area (Å²) in [5.41, 5.74) is 1.23. The molecule has 8 heteroatoms. The Kier molecular flexibility index (Phi) is 8.27. The van der Waals surface area contributed by atoms with Gasteiger partial charge in [-0.3, -0.25) is 13.8 Å². The molecule has 0 spiro atoms. The van der Waals surface area contributed by atoms with Crippen molar-refractivity contribution in [2.24, 2.45) is 0 Å². The second-order valence-electron chi connectivity index (χ2n) is 5.49. The van der Waals surface area contributed by atoms with Gasteiger partial charge in [-0.05, 0) is 61.9 Å². The number of carbonyl (C=O) groups excluding carboxylic acids is 1. The third-order valence-electron chi connectivity index (χ3n) is 3.53. The Hall–Kier alpha value is -2.11. The highest BCUT2D eigenvalue weighted by Crippen LogP contribution is 2.51. The van der Waals surface area contributed by atoms with Crippen LogP contribution in [0.25, 0.3) is 6.08 Å². The number of ketones is 1. The Labute approximate surface area is 169 Å². The zero-order valence-corrected chi connectivity index (χ0v) is 17.5. The quantitative estimate of drug-likeness (QED) is 0.272. The summed E-state index contributed by atoms with van der Waals surface area (Å²) >= 11 is 5.83. The van der Waals surface area contributed by atoms with Crippen LogP contribution in [0.3, 0.4) is 0 Å². The van der Waals surface area contributed by atoms with Gasteiger partial charge in [0, 0.05) is 10.6 Å². The number of hydrogen-bond acceptors (Lipinski definition) is 6. The molecular weight excluding hydrogens is 403 g/mol. The standard InChI is InChI=1S/C20H22ClO6P/c1-4-25-28(23,26-5-2)27-19-13-7-15(14-20(19)24-3)6-12-18(22)16-8-10-17(21)11-9-16/h6-14H,4-5H2,1-3H3/b12-6+. The van der Waals surface area contributed by atoms with E-state index in [2.05, 4.69) is 0 Å². The zero-order chi connectivity index (χ0) is 20.6. The first-order chi connectivity index (χ1) is 13.4. The first-order valence-electron chi connectivity index (χ1n) is 8.65. The van der Waals surface area contributed by atoms with Gasteiger partial charge < -0.3 is 9.26 Å². The lowest BCUT2D eigenvalue weighted by molar-refractivity contribution is 0.104. The van der Waals surface area contributed by atoms with Gasteiger partial charge >= 0.3 is 7.82 Å². The second-order valence-corrected chi connectivity index (χ2v) is 7.52. The van der Waals surface area contributed by atoms with Crippen molar-refractivity contribution in [3.8, 4) is 11.5 Å². The number of halogens is 1. The van der Waals surface area contributed by atoms with Crippen LogP contribution in [0.2, 0.25) is 5.02 Å². The average Bonchev–Trinajstić information content (AvgIpc) is 2.67. The molecule has 150 valence electrons. The van der Waals surface area contributed by atoms with Crippen LogP contribution in [0.5, 0.6) is 11.5 Å². The van der Waals surface area contributed by atoms with E-state index >= 15 is 0 Å². The van der Waals surface area contributed by atoms with Gasteiger partial charge in [-0.15, -0.1) is 0 Å². The minimum atomic E-state index is -3.73. The average molecular weight is 425 g/mol. The Morgan fingerprint density at radius 1 is 1.04 bits per heavy atom. The number of ether oxygens (including phenoxy) is 1. The number of phosphoric ester groups is 1. The summed E-state index contributed by atoms with van der Waals surface area (Å²) in [5.74, 6) is 0.391. The maximum Gasteiger partial charge on any atom is 0.530 e. The van der Waals surface area contributed by atoms with Crippen LogP contribution in [-0.2, 0) is 13.6 Å². The van der Waals surface area contributed by atoms with E-state index in [-0.39, 0.29) is 24.7 Å². The van der Waals surface area contributed by atoms with Crippen molar-refractivity contribution in [2.75, 3.05) is 20.3 Å². The molecule has 0 N–H and O–H groups in total. The summed E-state index contributed by atoms with van der Waals surface area (Å²) in [7, 11) is -2.28. The Bertz CT molecular complexity index is 869. The van der Waals surface area contributed by atoms with Gasteiger partial charge in [0.1, 0.15) is 0 Å². The van der Waals surface area contributed by atoms with E-state index < -0.39 is 7.82 Å². The van der Waals surface area contributed by atoms with E-state index in [4.69, 9.17) is 29.9 Å². The molecule has 0 saturated heterocycles. The molecule has 0 radical (unpaired) electrons. The van der Waals surface area contributed by atoms with E-state index in [1.54, 1.807) is 62.4 Å². The lowest BCUT2D eigenvalue weighted by atomic mass is 10.1. The van der Waals surface area contributed by atoms with Crippen molar-refractivity contribution in [2.45, 2.75) is 13.8 Å². The topological polar surface area (TPSA) is 71.1 Å². The minimum absolute atomic E-state index is 0.159. The number of allylic oxidation sites excluding steroid dienone is 1. The summed E-state index contributed by atoms with van der Waals surface area (Å²) in [6, 6.07) is 11.6. The highest BCUT2D eigenvalue weighted by atomic mass is 35.5. The lowest BCUT2D eigenvalue weighted by Gasteiger charge is -2.18. The van der Waals surface area contributed by atoms with Crippen LogP contribution in [-0.4, -0.2) is 26.1 Å². The SMILES string of the molecule is CCOP(=O)(OCC)Oc1ccc(/C=C/C(=O)c2ccc(Cl)cc2)cc1OC. The number of hydrogen-bond donors (Lipinski definition) is 0. The largest absolute Gasteiger partial charge is 0.530 e. The number of benzene rings is 2. The van der Waals surface area contributed by atoms with Crippen molar-refractivity contribution in [3.63, 3.8) is 0 Å². The predicted octanol–water partition coefficient (Wildman–Crippen LogP) is 5.80. The molecule has 2 rings (SSSR count). The van der Waals surface area contributed by atoms with Crippen LogP contribution in [0.1, 0.15) is 29.8 Å². The summed E-state index contributed by atoms with van der Waals surface area (Å²) < 4.78 is 33.5. The van der Waals surface area contributed by atoms with Crippen LogP contribution in [0.15, 0.2) is 48.5 Å². The molecular formula is C20H22ClO6P. The van der Waals surface area contributed by atoms with Gasteiger partial charge in [0.25, 0.3) is 0 Å². The maximum atomic E-state index is 12.5. The van der Waals surface area contributed by atoms with E-state index in [1.165, 1.54) is 13.2 Å². The molecule has 6 nitrogen and oxygen atoms in total. The summed E-state index contributed by atoms with van der Waals surface area (Å²) in [6.07, 6.45) is 3.09. The fourth-order valence-corrected chi connectivity index (χ4v) is 3.60.